The second-order valence-corrected chi connectivity index (χ2v) is 6.64. The fraction of sp³-hybridized carbons (Fsp3) is 0.111. The van der Waals surface area contributed by atoms with Crippen molar-refractivity contribution in [3.8, 4) is 22.1 Å². The van der Waals surface area contributed by atoms with E-state index in [-0.39, 0.29) is 0 Å². The van der Waals surface area contributed by atoms with E-state index >= 15 is 0 Å². The van der Waals surface area contributed by atoms with Gasteiger partial charge in [-0.2, -0.15) is 0 Å². The summed E-state index contributed by atoms with van der Waals surface area (Å²) in [5.74, 6) is 1.45. The molecule has 2 heterocycles. The Labute approximate surface area is 147 Å². The molecule has 0 amide bonds. The standard InChI is InChI=1S/C18H12ClN2O2S/c1-22-12-3-4-15-16(8-12)24-18(21-15)14-7-11(19)5-10-6-13(23-2)9-20-17(10)14/h3,5-9H,1-2H3. The molecule has 0 aliphatic rings. The van der Waals surface area contributed by atoms with Crippen molar-refractivity contribution in [3.63, 3.8) is 0 Å². The van der Waals surface area contributed by atoms with E-state index in [1.165, 1.54) is 0 Å². The SMILES string of the molecule is COc1cnc2c(-c3nc4[c]cc(OC)cc4s3)cc(Cl)cc2c1. The van der Waals surface area contributed by atoms with Crippen LogP contribution in [-0.4, -0.2) is 24.2 Å². The lowest BCUT2D eigenvalue weighted by Crippen LogP contribution is -1.88. The monoisotopic (exact) mass is 355 g/mol. The minimum absolute atomic E-state index is 0.633. The lowest BCUT2D eigenvalue weighted by atomic mass is 10.1. The van der Waals surface area contributed by atoms with Gasteiger partial charge in [0.05, 0.1) is 36.1 Å². The van der Waals surface area contributed by atoms with E-state index in [2.05, 4.69) is 16.0 Å². The molecule has 4 rings (SSSR count). The number of ether oxygens (including phenoxy) is 2. The number of halogens is 1. The second-order valence-electron chi connectivity index (χ2n) is 5.17. The van der Waals surface area contributed by atoms with Crippen molar-refractivity contribution < 1.29 is 9.47 Å². The van der Waals surface area contributed by atoms with Gasteiger partial charge in [-0.25, -0.2) is 4.98 Å². The zero-order chi connectivity index (χ0) is 16.7. The fourth-order valence-corrected chi connectivity index (χ4v) is 3.76. The summed E-state index contributed by atoms with van der Waals surface area (Å²) in [5.41, 5.74) is 2.54. The molecule has 0 fully saturated rings. The Hall–Kier alpha value is -2.37. The summed E-state index contributed by atoms with van der Waals surface area (Å²) < 4.78 is 11.5. The molecular formula is C18H12ClN2O2S. The molecule has 0 bridgehead atoms. The van der Waals surface area contributed by atoms with E-state index in [1.54, 1.807) is 37.8 Å². The van der Waals surface area contributed by atoms with Crippen molar-refractivity contribution in [1.82, 2.24) is 9.97 Å². The number of hydrogen-bond acceptors (Lipinski definition) is 5. The van der Waals surface area contributed by atoms with Crippen LogP contribution in [0.15, 0.2) is 36.5 Å². The molecule has 0 aliphatic heterocycles. The molecule has 0 saturated heterocycles. The molecular weight excluding hydrogens is 344 g/mol. The van der Waals surface area contributed by atoms with Crippen LogP contribution < -0.4 is 9.47 Å². The Kier molecular flexibility index (Phi) is 3.75. The number of hydrogen-bond donors (Lipinski definition) is 0. The van der Waals surface area contributed by atoms with Gasteiger partial charge in [-0.1, -0.05) is 11.6 Å². The van der Waals surface area contributed by atoms with Crippen molar-refractivity contribution in [1.29, 1.82) is 0 Å². The third kappa shape index (κ3) is 2.56. The van der Waals surface area contributed by atoms with Crippen molar-refractivity contribution in [3.05, 3.63) is 47.6 Å². The molecule has 4 aromatic rings. The van der Waals surface area contributed by atoms with Gasteiger partial charge in [0.15, 0.2) is 0 Å². The fourth-order valence-electron chi connectivity index (χ4n) is 2.54. The smallest absolute Gasteiger partial charge is 0.137 e. The number of thiazole rings is 1. The van der Waals surface area contributed by atoms with Crippen LogP contribution in [-0.2, 0) is 0 Å². The van der Waals surface area contributed by atoms with Crippen LogP contribution in [0.25, 0.3) is 31.7 Å². The zero-order valence-corrected chi connectivity index (χ0v) is 14.5. The van der Waals surface area contributed by atoms with E-state index in [0.717, 1.165) is 37.4 Å². The van der Waals surface area contributed by atoms with Crippen molar-refractivity contribution >= 4 is 44.1 Å². The molecule has 0 unspecified atom stereocenters. The number of benzene rings is 2. The maximum absolute atomic E-state index is 6.30. The van der Waals surface area contributed by atoms with E-state index in [4.69, 9.17) is 21.1 Å². The van der Waals surface area contributed by atoms with Gasteiger partial charge in [0.2, 0.25) is 0 Å². The van der Waals surface area contributed by atoms with Crippen LogP contribution >= 0.6 is 22.9 Å². The van der Waals surface area contributed by atoms with Crippen molar-refractivity contribution in [2.24, 2.45) is 0 Å². The average molecular weight is 356 g/mol. The first-order valence-corrected chi connectivity index (χ1v) is 8.37. The van der Waals surface area contributed by atoms with Crippen LogP contribution in [0, 0.1) is 6.07 Å². The summed E-state index contributed by atoms with van der Waals surface area (Å²) in [7, 11) is 3.25. The van der Waals surface area contributed by atoms with Crippen molar-refractivity contribution in [2.75, 3.05) is 14.2 Å². The molecule has 119 valence electrons. The highest BCUT2D eigenvalue weighted by atomic mass is 35.5. The van der Waals surface area contributed by atoms with E-state index in [0.29, 0.717) is 10.8 Å². The first-order chi connectivity index (χ1) is 11.7. The third-order valence-electron chi connectivity index (χ3n) is 3.70. The van der Waals surface area contributed by atoms with Gasteiger partial charge in [-0.15, -0.1) is 11.3 Å². The molecule has 6 heteroatoms. The van der Waals surface area contributed by atoms with Gasteiger partial charge in [0.25, 0.3) is 0 Å². The molecule has 0 saturated carbocycles. The number of pyridine rings is 1. The highest BCUT2D eigenvalue weighted by molar-refractivity contribution is 7.21. The lowest BCUT2D eigenvalue weighted by Gasteiger charge is -2.06. The van der Waals surface area contributed by atoms with Crippen LogP contribution in [0.3, 0.4) is 0 Å². The Balaban J connectivity index is 1.95. The molecule has 0 atom stereocenters. The summed E-state index contributed by atoms with van der Waals surface area (Å²) in [6, 6.07) is 12.6. The summed E-state index contributed by atoms with van der Waals surface area (Å²) in [6.45, 7) is 0. The minimum Gasteiger partial charge on any atom is -0.497 e. The number of fused-ring (bicyclic) bond motifs is 2. The Morgan fingerprint density at radius 3 is 2.71 bits per heavy atom. The highest BCUT2D eigenvalue weighted by Gasteiger charge is 2.13. The Morgan fingerprint density at radius 1 is 1.08 bits per heavy atom. The summed E-state index contributed by atoms with van der Waals surface area (Å²) in [4.78, 5) is 9.19. The maximum Gasteiger partial charge on any atom is 0.137 e. The van der Waals surface area contributed by atoms with Crippen LogP contribution in [0.1, 0.15) is 0 Å². The average Bonchev–Trinajstić information content (AvgIpc) is 3.03. The topological polar surface area (TPSA) is 44.2 Å². The zero-order valence-electron chi connectivity index (χ0n) is 13.0. The van der Waals surface area contributed by atoms with Crippen LogP contribution in [0.4, 0.5) is 0 Å². The normalized spacial score (nSPS) is 11.1. The lowest BCUT2D eigenvalue weighted by molar-refractivity contribution is 0.414. The van der Waals surface area contributed by atoms with Crippen molar-refractivity contribution in [2.45, 2.75) is 0 Å². The van der Waals surface area contributed by atoms with E-state index < -0.39 is 0 Å². The van der Waals surface area contributed by atoms with Crippen LogP contribution in [0.5, 0.6) is 11.5 Å². The first kappa shape index (κ1) is 15.2. The first-order valence-electron chi connectivity index (χ1n) is 7.18. The van der Waals surface area contributed by atoms with Gasteiger partial charge < -0.3 is 9.47 Å². The number of methoxy groups -OCH3 is 2. The Bertz CT molecular complexity index is 1060. The third-order valence-corrected chi connectivity index (χ3v) is 4.96. The predicted molar refractivity (Wildman–Crippen MR) is 97.3 cm³/mol. The number of rotatable bonds is 3. The summed E-state index contributed by atoms with van der Waals surface area (Å²) in [6.07, 6.45) is 1.70. The molecule has 0 aliphatic carbocycles. The molecule has 0 spiro atoms. The van der Waals surface area contributed by atoms with Crippen LogP contribution in [0.2, 0.25) is 5.02 Å². The Morgan fingerprint density at radius 2 is 1.92 bits per heavy atom. The van der Waals surface area contributed by atoms with E-state index in [1.807, 2.05) is 24.3 Å². The maximum atomic E-state index is 6.30. The van der Waals surface area contributed by atoms with Gasteiger partial charge in [-0.05, 0) is 30.3 Å². The molecule has 2 aromatic heterocycles. The summed E-state index contributed by atoms with van der Waals surface area (Å²) >= 11 is 7.86. The second kappa shape index (κ2) is 5.92. The predicted octanol–water partition coefficient (Wildman–Crippen LogP) is 4.98. The quantitative estimate of drug-likeness (QED) is 0.519. The van der Waals surface area contributed by atoms with Gasteiger partial charge in [0.1, 0.15) is 16.5 Å². The number of aromatic nitrogens is 2. The van der Waals surface area contributed by atoms with E-state index in [9.17, 15) is 0 Å². The van der Waals surface area contributed by atoms with Gasteiger partial charge in [-0.3, -0.25) is 4.98 Å². The number of nitrogens with zero attached hydrogens (tertiary/aromatic N) is 2. The molecule has 0 N–H and O–H groups in total. The molecule has 2 aromatic carbocycles. The largest absolute Gasteiger partial charge is 0.497 e. The molecule has 1 radical (unpaired) electrons. The molecule has 24 heavy (non-hydrogen) atoms. The summed E-state index contributed by atoms with van der Waals surface area (Å²) in [5, 5.41) is 2.39. The minimum atomic E-state index is 0.633. The van der Waals surface area contributed by atoms with Gasteiger partial charge >= 0.3 is 0 Å². The van der Waals surface area contributed by atoms with Gasteiger partial charge in [0, 0.05) is 22.0 Å². The molecule has 4 nitrogen and oxygen atoms in total. The highest BCUT2D eigenvalue weighted by Crippen LogP contribution is 2.37.